The number of carbonyl (C=O) groups is 1. The van der Waals surface area contributed by atoms with E-state index in [9.17, 15) is 4.79 Å². The van der Waals surface area contributed by atoms with Crippen LogP contribution in [0.25, 0.3) is 10.4 Å². The highest BCUT2D eigenvalue weighted by molar-refractivity contribution is 9.10. The van der Waals surface area contributed by atoms with Gasteiger partial charge in [-0.25, -0.2) is 4.79 Å². The number of halogens is 1. The molecule has 0 saturated heterocycles. The summed E-state index contributed by atoms with van der Waals surface area (Å²) in [7, 11) is 0. The molecule has 0 bridgehead atoms. The van der Waals surface area contributed by atoms with Crippen LogP contribution in [0.3, 0.4) is 0 Å². The van der Waals surface area contributed by atoms with Gasteiger partial charge < -0.3 is 5.11 Å². The molecule has 1 heterocycles. The molecule has 2 nitrogen and oxygen atoms in total. The molecule has 1 N–H and O–H groups in total. The zero-order valence-corrected chi connectivity index (χ0v) is 11.9. The molecule has 0 fully saturated rings. The molecule has 1 aromatic carbocycles. The van der Waals surface area contributed by atoms with E-state index in [-0.39, 0.29) is 0 Å². The molecule has 0 unspecified atom stereocenters. The van der Waals surface area contributed by atoms with Crippen molar-refractivity contribution in [1.29, 1.82) is 0 Å². The van der Waals surface area contributed by atoms with Gasteiger partial charge in [0.05, 0.1) is 5.56 Å². The van der Waals surface area contributed by atoms with Crippen LogP contribution in [0.15, 0.2) is 28.1 Å². The van der Waals surface area contributed by atoms with Gasteiger partial charge in [0, 0.05) is 9.35 Å². The van der Waals surface area contributed by atoms with E-state index in [4.69, 9.17) is 5.11 Å². The summed E-state index contributed by atoms with van der Waals surface area (Å²) in [6.07, 6.45) is 0. The lowest BCUT2D eigenvalue weighted by molar-refractivity contribution is 0.0696. The highest BCUT2D eigenvalue weighted by Gasteiger charge is 2.14. The minimum absolute atomic E-state index is 0.367. The second-order valence-corrected chi connectivity index (χ2v) is 5.66. The Hall–Kier alpha value is -1.13. The Labute approximate surface area is 112 Å². The number of thiophene rings is 1. The van der Waals surface area contributed by atoms with Crippen molar-refractivity contribution >= 4 is 33.2 Å². The Kier molecular flexibility index (Phi) is 3.35. The largest absolute Gasteiger partial charge is 0.478 e. The summed E-state index contributed by atoms with van der Waals surface area (Å²) in [5.41, 5.74) is 3.24. The number of aromatic carboxylic acids is 1. The molecule has 2 aromatic rings. The monoisotopic (exact) mass is 310 g/mol. The van der Waals surface area contributed by atoms with Crippen molar-refractivity contribution in [3.63, 3.8) is 0 Å². The van der Waals surface area contributed by atoms with Gasteiger partial charge in [0.2, 0.25) is 0 Å². The van der Waals surface area contributed by atoms with Crippen LogP contribution in [0.2, 0.25) is 0 Å². The molecule has 0 spiro atoms. The van der Waals surface area contributed by atoms with Crippen LogP contribution in [0.1, 0.15) is 21.5 Å². The normalized spacial score (nSPS) is 10.5. The van der Waals surface area contributed by atoms with Crippen LogP contribution >= 0.6 is 27.3 Å². The van der Waals surface area contributed by atoms with Crippen LogP contribution in [-0.2, 0) is 0 Å². The Morgan fingerprint density at radius 1 is 1.29 bits per heavy atom. The fraction of sp³-hybridized carbons (Fsp3) is 0.154. The Bertz CT molecular complexity index is 587. The molecule has 0 amide bonds. The topological polar surface area (TPSA) is 37.3 Å². The minimum atomic E-state index is -0.878. The average molecular weight is 311 g/mol. The number of benzene rings is 1. The van der Waals surface area contributed by atoms with E-state index in [1.165, 1.54) is 0 Å². The van der Waals surface area contributed by atoms with Gasteiger partial charge in [-0.15, -0.1) is 11.3 Å². The van der Waals surface area contributed by atoms with Crippen LogP contribution in [0.4, 0.5) is 0 Å². The first-order valence-corrected chi connectivity index (χ1v) is 6.76. The SMILES string of the molecule is Cc1cc(C)c(-c2sccc2Br)cc1C(=O)O. The third-order valence-corrected chi connectivity index (χ3v) is 4.53. The fourth-order valence-electron chi connectivity index (χ4n) is 1.81. The van der Waals surface area contributed by atoms with Crippen molar-refractivity contribution in [2.45, 2.75) is 13.8 Å². The van der Waals surface area contributed by atoms with Crippen LogP contribution < -0.4 is 0 Å². The number of hydrogen-bond donors (Lipinski definition) is 1. The highest BCUT2D eigenvalue weighted by atomic mass is 79.9. The summed E-state index contributed by atoms with van der Waals surface area (Å²) < 4.78 is 1.01. The first kappa shape index (κ1) is 12.3. The molecule has 0 radical (unpaired) electrons. The number of aryl methyl sites for hydroxylation is 2. The lowest BCUT2D eigenvalue weighted by atomic mass is 9.99. The Morgan fingerprint density at radius 2 is 2.00 bits per heavy atom. The van der Waals surface area contributed by atoms with Crippen molar-refractivity contribution in [2.24, 2.45) is 0 Å². The highest BCUT2D eigenvalue weighted by Crippen LogP contribution is 2.36. The van der Waals surface area contributed by atoms with Gasteiger partial charge in [-0.3, -0.25) is 0 Å². The molecular formula is C13H11BrO2S. The smallest absolute Gasteiger partial charge is 0.335 e. The van der Waals surface area contributed by atoms with Crippen molar-refractivity contribution in [3.8, 4) is 10.4 Å². The third-order valence-electron chi connectivity index (χ3n) is 2.66. The van der Waals surface area contributed by atoms with Gasteiger partial charge in [-0.1, -0.05) is 6.07 Å². The summed E-state index contributed by atoms with van der Waals surface area (Å²) >= 11 is 5.08. The second-order valence-electron chi connectivity index (χ2n) is 3.88. The average Bonchev–Trinajstić information content (AvgIpc) is 2.64. The lowest BCUT2D eigenvalue weighted by Gasteiger charge is -2.09. The predicted molar refractivity (Wildman–Crippen MR) is 73.9 cm³/mol. The van der Waals surface area contributed by atoms with Crippen molar-refractivity contribution < 1.29 is 9.90 Å². The summed E-state index contributed by atoms with van der Waals surface area (Å²) in [6, 6.07) is 5.65. The molecule has 17 heavy (non-hydrogen) atoms. The number of carboxylic acid groups (broad SMARTS) is 1. The summed E-state index contributed by atoms with van der Waals surface area (Å²) in [5.74, 6) is -0.878. The Morgan fingerprint density at radius 3 is 2.53 bits per heavy atom. The quantitative estimate of drug-likeness (QED) is 0.887. The third kappa shape index (κ3) is 2.28. The molecule has 0 aliphatic rings. The zero-order chi connectivity index (χ0) is 12.6. The van der Waals surface area contributed by atoms with E-state index in [1.807, 2.05) is 31.4 Å². The number of hydrogen-bond acceptors (Lipinski definition) is 2. The maximum Gasteiger partial charge on any atom is 0.335 e. The molecule has 4 heteroatoms. The van der Waals surface area contributed by atoms with Crippen LogP contribution in [0, 0.1) is 13.8 Å². The van der Waals surface area contributed by atoms with Crippen molar-refractivity contribution in [3.05, 3.63) is 44.7 Å². The van der Waals surface area contributed by atoms with E-state index in [2.05, 4.69) is 15.9 Å². The minimum Gasteiger partial charge on any atom is -0.478 e. The molecule has 2 rings (SSSR count). The van der Waals surface area contributed by atoms with Crippen molar-refractivity contribution in [2.75, 3.05) is 0 Å². The molecular weight excluding hydrogens is 300 g/mol. The molecule has 0 atom stereocenters. The summed E-state index contributed by atoms with van der Waals surface area (Å²) in [5, 5.41) is 11.1. The predicted octanol–water partition coefficient (Wildman–Crippen LogP) is 4.49. The standard InChI is InChI=1S/C13H11BrO2S/c1-7-5-8(2)10(13(15)16)6-9(7)12-11(14)3-4-17-12/h3-6H,1-2H3,(H,15,16). The second kappa shape index (κ2) is 4.63. The van der Waals surface area contributed by atoms with Gasteiger partial charge in [0.15, 0.2) is 0 Å². The first-order chi connectivity index (χ1) is 8.00. The fourth-order valence-corrected chi connectivity index (χ4v) is 3.48. The van der Waals surface area contributed by atoms with Gasteiger partial charge in [-0.2, -0.15) is 0 Å². The van der Waals surface area contributed by atoms with E-state index >= 15 is 0 Å². The van der Waals surface area contributed by atoms with Gasteiger partial charge >= 0.3 is 5.97 Å². The van der Waals surface area contributed by atoms with Gasteiger partial charge in [0.25, 0.3) is 0 Å². The van der Waals surface area contributed by atoms with Crippen molar-refractivity contribution in [1.82, 2.24) is 0 Å². The molecule has 0 saturated carbocycles. The van der Waals surface area contributed by atoms with Crippen LogP contribution in [-0.4, -0.2) is 11.1 Å². The Balaban J connectivity index is 2.67. The molecule has 88 valence electrons. The molecule has 0 aliphatic carbocycles. The maximum atomic E-state index is 11.1. The van der Waals surface area contributed by atoms with Crippen LogP contribution in [0.5, 0.6) is 0 Å². The first-order valence-electron chi connectivity index (χ1n) is 5.08. The van der Waals surface area contributed by atoms with Gasteiger partial charge in [0.1, 0.15) is 0 Å². The molecule has 0 aliphatic heterocycles. The van der Waals surface area contributed by atoms with E-state index < -0.39 is 5.97 Å². The number of rotatable bonds is 2. The molecule has 1 aromatic heterocycles. The van der Waals surface area contributed by atoms with Gasteiger partial charge in [-0.05, 0) is 64.0 Å². The summed E-state index contributed by atoms with van der Waals surface area (Å²) in [6.45, 7) is 3.82. The zero-order valence-electron chi connectivity index (χ0n) is 9.45. The lowest BCUT2D eigenvalue weighted by Crippen LogP contribution is -2.01. The number of carboxylic acids is 1. The van der Waals surface area contributed by atoms with E-state index in [1.54, 1.807) is 17.4 Å². The maximum absolute atomic E-state index is 11.1. The summed E-state index contributed by atoms with van der Waals surface area (Å²) in [4.78, 5) is 12.2. The van der Waals surface area contributed by atoms with E-state index in [0.717, 1.165) is 26.0 Å². The van der Waals surface area contributed by atoms with E-state index in [0.29, 0.717) is 5.56 Å².